The first kappa shape index (κ1) is 14.5. The van der Waals surface area contributed by atoms with Crippen molar-refractivity contribution in [3.63, 3.8) is 0 Å². The number of amides is 1. The highest BCUT2D eigenvalue weighted by atomic mass is 16.5. The van der Waals surface area contributed by atoms with Gasteiger partial charge in [0, 0.05) is 6.54 Å². The average Bonchev–Trinajstić information content (AvgIpc) is 2.57. The van der Waals surface area contributed by atoms with Gasteiger partial charge in [-0.3, -0.25) is 4.79 Å². The van der Waals surface area contributed by atoms with Gasteiger partial charge in [-0.15, -0.1) is 0 Å². The normalized spacial score (nSPS) is 19.6. The van der Waals surface area contributed by atoms with Gasteiger partial charge in [-0.2, -0.15) is 0 Å². The van der Waals surface area contributed by atoms with Crippen molar-refractivity contribution in [3.8, 4) is 0 Å². The molecule has 1 aliphatic carbocycles. The van der Waals surface area contributed by atoms with E-state index in [1.54, 1.807) is 0 Å². The SMILES string of the molecule is CC(OC1CCCCCC1)C(=O)NCCCN. The van der Waals surface area contributed by atoms with Crippen LogP contribution in [0.25, 0.3) is 0 Å². The summed E-state index contributed by atoms with van der Waals surface area (Å²) in [5.74, 6) is -0.0114. The Morgan fingerprint density at radius 2 is 2.00 bits per heavy atom. The second-order valence-corrected chi connectivity index (χ2v) is 4.83. The van der Waals surface area contributed by atoms with E-state index in [9.17, 15) is 4.79 Å². The molecule has 1 amide bonds. The summed E-state index contributed by atoms with van der Waals surface area (Å²) in [5, 5.41) is 2.84. The molecule has 1 saturated carbocycles. The van der Waals surface area contributed by atoms with Crippen LogP contribution in [0.3, 0.4) is 0 Å². The molecule has 4 nitrogen and oxygen atoms in total. The van der Waals surface area contributed by atoms with Crippen LogP contribution in [0.4, 0.5) is 0 Å². The van der Waals surface area contributed by atoms with Crippen molar-refractivity contribution >= 4 is 5.91 Å². The van der Waals surface area contributed by atoms with E-state index in [1.165, 1.54) is 25.7 Å². The summed E-state index contributed by atoms with van der Waals surface area (Å²) in [4.78, 5) is 11.7. The zero-order valence-electron chi connectivity index (χ0n) is 10.9. The zero-order valence-corrected chi connectivity index (χ0v) is 10.9. The Labute approximate surface area is 104 Å². The van der Waals surface area contributed by atoms with Gasteiger partial charge >= 0.3 is 0 Å². The Kier molecular flexibility index (Phi) is 7.21. The molecule has 0 spiro atoms. The maximum absolute atomic E-state index is 11.7. The molecule has 3 N–H and O–H groups in total. The van der Waals surface area contributed by atoms with Crippen LogP contribution in [-0.4, -0.2) is 31.2 Å². The molecule has 1 atom stereocenters. The van der Waals surface area contributed by atoms with Crippen molar-refractivity contribution in [2.45, 2.75) is 64.1 Å². The van der Waals surface area contributed by atoms with Gasteiger partial charge in [-0.25, -0.2) is 0 Å². The number of hydrogen-bond acceptors (Lipinski definition) is 3. The topological polar surface area (TPSA) is 64.3 Å². The summed E-state index contributed by atoms with van der Waals surface area (Å²) in [6.07, 6.45) is 8.01. The van der Waals surface area contributed by atoms with Crippen molar-refractivity contribution in [1.82, 2.24) is 5.32 Å². The largest absolute Gasteiger partial charge is 0.365 e. The van der Waals surface area contributed by atoms with E-state index >= 15 is 0 Å². The number of carbonyl (C=O) groups is 1. The highest BCUT2D eigenvalue weighted by Gasteiger charge is 2.19. The van der Waals surface area contributed by atoms with Crippen molar-refractivity contribution in [2.24, 2.45) is 5.73 Å². The van der Waals surface area contributed by atoms with Gasteiger partial charge in [0.2, 0.25) is 5.91 Å². The predicted molar refractivity (Wildman–Crippen MR) is 68.7 cm³/mol. The van der Waals surface area contributed by atoms with Gasteiger partial charge in [0.25, 0.3) is 0 Å². The molecule has 100 valence electrons. The van der Waals surface area contributed by atoms with Crippen LogP contribution in [0.15, 0.2) is 0 Å². The van der Waals surface area contributed by atoms with Gasteiger partial charge in [-0.05, 0) is 32.7 Å². The van der Waals surface area contributed by atoms with E-state index in [0.29, 0.717) is 13.1 Å². The average molecular weight is 242 g/mol. The molecule has 0 heterocycles. The van der Waals surface area contributed by atoms with E-state index in [2.05, 4.69) is 5.32 Å². The summed E-state index contributed by atoms with van der Waals surface area (Å²) in [6.45, 7) is 3.09. The van der Waals surface area contributed by atoms with Crippen LogP contribution in [0.5, 0.6) is 0 Å². The molecule has 17 heavy (non-hydrogen) atoms. The first-order valence-corrected chi connectivity index (χ1v) is 6.87. The lowest BCUT2D eigenvalue weighted by Gasteiger charge is -2.20. The monoisotopic (exact) mass is 242 g/mol. The van der Waals surface area contributed by atoms with E-state index in [1.807, 2.05) is 6.92 Å². The third-order valence-electron chi connectivity index (χ3n) is 3.25. The Hall–Kier alpha value is -0.610. The van der Waals surface area contributed by atoms with E-state index in [0.717, 1.165) is 19.3 Å². The standard InChI is InChI=1S/C13H26N2O2/c1-11(13(16)15-10-6-9-14)17-12-7-4-2-3-5-8-12/h11-12H,2-10,14H2,1H3,(H,15,16). The first-order valence-electron chi connectivity index (χ1n) is 6.87. The van der Waals surface area contributed by atoms with Crippen LogP contribution in [0, 0.1) is 0 Å². The highest BCUT2D eigenvalue weighted by molar-refractivity contribution is 5.80. The predicted octanol–water partition coefficient (Wildman–Crippen LogP) is 1.58. The first-order chi connectivity index (χ1) is 8.24. The Bertz CT molecular complexity index is 213. The quantitative estimate of drug-likeness (QED) is 0.549. The van der Waals surface area contributed by atoms with Crippen LogP contribution < -0.4 is 11.1 Å². The number of ether oxygens (including phenoxy) is 1. The summed E-state index contributed by atoms with van der Waals surface area (Å²) >= 11 is 0. The molecule has 0 aromatic carbocycles. The number of nitrogens with one attached hydrogen (secondary N) is 1. The van der Waals surface area contributed by atoms with E-state index < -0.39 is 0 Å². The maximum Gasteiger partial charge on any atom is 0.248 e. The van der Waals surface area contributed by atoms with Crippen molar-refractivity contribution in [1.29, 1.82) is 0 Å². The molecule has 0 aromatic heterocycles. The van der Waals surface area contributed by atoms with Crippen molar-refractivity contribution in [3.05, 3.63) is 0 Å². The van der Waals surface area contributed by atoms with E-state index in [-0.39, 0.29) is 18.1 Å². The fraction of sp³-hybridized carbons (Fsp3) is 0.923. The molecular formula is C13H26N2O2. The van der Waals surface area contributed by atoms with Crippen molar-refractivity contribution in [2.75, 3.05) is 13.1 Å². The lowest BCUT2D eigenvalue weighted by molar-refractivity contribution is -0.135. The summed E-state index contributed by atoms with van der Waals surface area (Å²) in [6, 6.07) is 0. The van der Waals surface area contributed by atoms with Gasteiger partial charge < -0.3 is 15.8 Å². The van der Waals surface area contributed by atoms with Gasteiger partial charge in [0.05, 0.1) is 6.10 Å². The summed E-state index contributed by atoms with van der Waals surface area (Å²) < 4.78 is 5.82. The molecular weight excluding hydrogens is 216 g/mol. The Morgan fingerprint density at radius 3 is 2.59 bits per heavy atom. The number of rotatable bonds is 6. The molecule has 0 radical (unpaired) electrons. The fourth-order valence-corrected chi connectivity index (χ4v) is 2.19. The van der Waals surface area contributed by atoms with Crippen LogP contribution in [-0.2, 0) is 9.53 Å². The van der Waals surface area contributed by atoms with Gasteiger partial charge in [0.15, 0.2) is 0 Å². The van der Waals surface area contributed by atoms with Crippen LogP contribution >= 0.6 is 0 Å². The molecule has 1 unspecified atom stereocenters. The lowest BCUT2D eigenvalue weighted by atomic mass is 10.1. The fourth-order valence-electron chi connectivity index (χ4n) is 2.19. The molecule has 4 heteroatoms. The summed E-state index contributed by atoms with van der Waals surface area (Å²) in [7, 11) is 0. The minimum Gasteiger partial charge on any atom is -0.365 e. The Morgan fingerprint density at radius 1 is 1.35 bits per heavy atom. The number of carbonyl (C=O) groups excluding carboxylic acids is 1. The molecule has 0 bridgehead atoms. The lowest BCUT2D eigenvalue weighted by Crippen LogP contribution is -2.37. The molecule has 0 aliphatic heterocycles. The molecule has 0 saturated heterocycles. The Balaban J connectivity index is 2.21. The second kappa shape index (κ2) is 8.48. The minimum atomic E-state index is -0.337. The third kappa shape index (κ3) is 6.03. The number of nitrogens with two attached hydrogens (primary N) is 1. The second-order valence-electron chi connectivity index (χ2n) is 4.83. The molecule has 1 fully saturated rings. The van der Waals surface area contributed by atoms with Crippen LogP contribution in [0.1, 0.15) is 51.9 Å². The zero-order chi connectivity index (χ0) is 12.5. The van der Waals surface area contributed by atoms with Crippen molar-refractivity contribution < 1.29 is 9.53 Å². The van der Waals surface area contributed by atoms with E-state index in [4.69, 9.17) is 10.5 Å². The number of hydrogen-bond donors (Lipinski definition) is 2. The smallest absolute Gasteiger partial charge is 0.248 e. The molecule has 0 aromatic rings. The van der Waals surface area contributed by atoms with Gasteiger partial charge in [0.1, 0.15) is 6.10 Å². The molecule has 1 rings (SSSR count). The van der Waals surface area contributed by atoms with Crippen LogP contribution in [0.2, 0.25) is 0 Å². The molecule has 1 aliphatic rings. The highest BCUT2D eigenvalue weighted by Crippen LogP contribution is 2.20. The summed E-state index contributed by atoms with van der Waals surface area (Å²) in [5.41, 5.74) is 5.38. The third-order valence-corrected chi connectivity index (χ3v) is 3.25. The van der Waals surface area contributed by atoms with Gasteiger partial charge in [-0.1, -0.05) is 25.7 Å². The maximum atomic E-state index is 11.7. The minimum absolute atomic E-state index is 0.0114.